The van der Waals surface area contributed by atoms with E-state index in [2.05, 4.69) is 9.72 Å². The van der Waals surface area contributed by atoms with E-state index in [-0.39, 0.29) is 18.6 Å². The molecule has 0 bridgehead atoms. The zero-order valence-corrected chi connectivity index (χ0v) is 14.4. The summed E-state index contributed by atoms with van der Waals surface area (Å²) in [4.78, 5) is 15.6. The maximum Gasteiger partial charge on any atom is 0.387 e. The summed E-state index contributed by atoms with van der Waals surface area (Å²) in [7, 11) is 0. The van der Waals surface area contributed by atoms with Crippen molar-refractivity contribution in [3.05, 3.63) is 59.1 Å². The Bertz CT molecular complexity index is 920. The van der Waals surface area contributed by atoms with Gasteiger partial charge in [-0.2, -0.15) is 8.78 Å². The van der Waals surface area contributed by atoms with Gasteiger partial charge in [0.15, 0.2) is 0 Å². The summed E-state index contributed by atoms with van der Waals surface area (Å²) in [6, 6.07) is 14.0. The van der Waals surface area contributed by atoms with E-state index in [0.717, 1.165) is 10.2 Å². The standard InChI is InChI=1S/C19H15F2NO3S/c20-19(21)25-15-7-3-1-5-12(15)11-13(9-10-17(23)24)18-22-14-6-2-4-8-16(14)26-18/h1-8,11,19H,9-10H2,(H,23,24). The number of nitrogens with zero attached hydrogens (tertiary/aromatic N) is 1. The molecule has 0 amide bonds. The minimum absolute atomic E-state index is 0.0384. The van der Waals surface area contributed by atoms with Gasteiger partial charge in [0.25, 0.3) is 0 Å². The highest BCUT2D eigenvalue weighted by Crippen LogP contribution is 2.33. The lowest BCUT2D eigenvalue weighted by atomic mass is 10.1. The zero-order chi connectivity index (χ0) is 18.5. The molecule has 3 rings (SSSR count). The molecule has 4 nitrogen and oxygen atoms in total. The summed E-state index contributed by atoms with van der Waals surface area (Å²) in [5.41, 5.74) is 1.93. The number of benzene rings is 2. The molecule has 134 valence electrons. The summed E-state index contributed by atoms with van der Waals surface area (Å²) in [6.07, 6.45) is 1.82. The predicted octanol–water partition coefficient (Wildman–Crippen LogP) is 5.30. The smallest absolute Gasteiger partial charge is 0.387 e. The fraction of sp³-hybridized carbons (Fsp3) is 0.158. The molecule has 0 fully saturated rings. The van der Waals surface area contributed by atoms with Crippen molar-refractivity contribution in [1.29, 1.82) is 0 Å². The lowest BCUT2D eigenvalue weighted by Gasteiger charge is -2.09. The van der Waals surface area contributed by atoms with E-state index >= 15 is 0 Å². The molecule has 0 spiro atoms. The first-order valence-corrected chi connectivity index (χ1v) is 8.67. The Labute approximate surface area is 152 Å². The molecule has 0 aliphatic rings. The Morgan fingerprint density at radius 3 is 2.62 bits per heavy atom. The number of hydrogen-bond donors (Lipinski definition) is 1. The van der Waals surface area contributed by atoms with Crippen LogP contribution in [0.5, 0.6) is 5.75 Å². The summed E-state index contributed by atoms with van der Waals surface area (Å²) in [6.45, 7) is -2.94. The third-order valence-corrected chi connectivity index (χ3v) is 4.75. The molecule has 0 atom stereocenters. The summed E-state index contributed by atoms with van der Waals surface area (Å²) in [5, 5.41) is 9.69. The summed E-state index contributed by atoms with van der Waals surface area (Å²) < 4.78 is 30.8. The Kier molecular flexibility index (Phi) is 5.58. The number of carbonyl (C=O) groups is 1. The Morgan fingerprint density at radius 2 is 1.88 bits per heavy atom. The molecule has 0 unspecified atom stereocenters. The van der Waals surface area contributed by atoms with E-state index in [1.54, 1.807) is 24.3 Å². The van der Waals surface area contributed by atoms with E-state index in [1.165, 1.54) is 17.4 Å². The van der Waals surface area contributed by atoms with Crippen LogP contribution in [0.25, 0.3) is 21.9 Å². The van der Waals surface area contributed by atoms with E-state index < -0.39 is 12.6 Å². The molecular weight excluding hydrogens is 360 g/mol. The van der Waals surface area contributed by atoms with Crippen LogP contribution in [0.3, 0.4) is 0 Å². The topological polar surface area (TPSA) is 59.4 Å². The number of aliphatic carboxylic acids is 1. The molecule has 3 aromatic rings. The number of carboxylic acid groups (broad SMARTS) is 1. The van der Waals surface area contributed by atoms with Crippen LogP contribution in [0.2, 0.25) is 0 Å². The number of para-hydroxylation sites is 2. The number of hydrogen-bond acceptors (Lipinski definition) is 4. The molecule has 0 aliphatic heterocycles. The highest BCUT2D eigenvalue weighted by atomic mass is 32.1. The predicted molar refractivity (Wildman–Crippen MR) is 97.4 cm³/mol. The Hall–Kier alpha value is -2.80. The highest BCUT2D eigenvalue weighted by molar-refractivity contribution is 7.19. The average molecular weight is 375 g/mol. The number of thiazole rings is 1. The normalized spacial score (nSPS) is 11.9. The van der Waals surface area contributed by atoms with Crippen LogP contribution in [0.15, 0.2) is 48.5 Å². The van der Waals surface area contributed by atoms with E-state index in [1.807, 2.05) is 24.3 Å². The molecule has 1 N–H and O–H groups in total. The molecular formula is C19H15F2NO3S. The van der Waals surface area contributed by atoms with E-state index in [9.17, 15) is 13.6 Å². The van der Waals surface area contributed by atoms with Gasteiger partial charge in [0.05, 0.1) is 10.2 Å². The monoisotopic (exact) mass is 375 g/mol. The van der Waals surface area contributed by atoms with Crippen LogP contribution >= 0.6 is 11.3 Å². The number of allylic oxidation sites excluding steroid dienone is 1. The molecule has 7 heteroatoms. The second-order valence-corrected chi connectivity index (χ2v) is 6.50. The molecule has 2 aromatic carbocycles. The van der Waals surface area contributed by atoms with Gasteiger partial charge in [-0.1, -0.05) is 30.3 Å². The van der Waals surface area contributed by atoms with Gasteiger partial charge in [0.2, 0.25) is 0 Å². The second-order valence-electron chi connectivity index (χ2n) is 5.47. The average Bonchev–Trinajstić information content (AvgIpc) is 3.03. The van der Waals surface area contributed by atoms with Crippen LogP contribution in [0.1, 0.15) is 23.4 Å². The first kappa shape index (κ1) is 18.0. The van der Waals surface area contributed by atoms with Crippen molar-refractivity contribution in [2.24, 2.45) is 0 Å². The maximum absolute atomic E-state index is 12.6. The largest absolute Gasteiger partial charge is 0.481 e. The molecule has 1 aromatic heterocycles. The van der Waals surface area contributed by atoms with Gasteiger partial charge in [-0.15, -0.1) is 11.3 Å². The van der Waals surface area contributed by atoms with Crippen molar-refractivity contribution < 1.29 is 23.4 Å². The quantitative estimate of drug-likeness (QED) is 0.608. The van der Waals surface area contributed by atoms with Crippen LogP contribution in [0.4, 0.5) is 8.78 Å². The summed E-state index contributed by atoms with van der Waals surface area (Å²) in [5.74, 6) is -0.898. The Morgan fingerprint density at radius 1 is 1.15 bits per heavy atom. The third kappa shape index (κ3) is 4.43. The van der Waals surface area contributed by atoms with Gasteiger partial charge in [0, 0.05) is 12.0 Å². The van der Waals surface area contributed by atoms with Crippen molar-refractivity contribution in [1.82, 2.24) is 4.98 Å². The number of ether oxygens (including phenoxy) is 1. The molecule has 0 radical (unpaired) electrons. The van der Waals surface area contributed by atoms with Crippen LogP contribution in [-0.2, 0) is 4.79 Å². The van der Waals surface area contributed by atoms with Crippen molar-refractivity contribution in [3.8, 4) is 5.75 Å². The number of alkyl halides is 2. The Balaban J connectivity index is 2.03. The van der Waals surface area contributed by atoms with E-state index in [0.29, 0.717) is 16.1 Å². The first-order valence-electron chi connectivity index (χ1n) is 7.85. The SMILES string of the molecule is O=C(O)CCC(=Cc1ccccc1OC(F)F)c1nc2ccccc2s1. The molecule has 1 heterocycles. The van der Waals surface area contributed by atoms with Gasteiger partial charge in [-0.3, -0.25) is 4.79 Å². The number of aromatic nitrogens is 1. The van der Waals surface area contributed by atoms with E-state index in [4.69, 9.17) is 5.11 Å². The van der Waals surface area contributed by atoms with Gasteiger partial charge < -0.3 is 9.84 Å². The molecule has 0 saturated carbocycles. The zero-order valence-electron chi connectivity index (χ0n) is 13.6. The van der Waals surface area contributed by atoms with Gasteiger partial charge in [-0.25, -0.2) is 4.98 Å². The minimum atomic E-state index is -2.94. The van der Waals surface area contributed by atoms with Crippen LogP contribution < -0.4 is 4.74 Å². The van der Waals surface area contributed by atoms with Gasteiger partial charge in [0.1, 0.15) is 10.8 Å². The number of fused-ring (bicyclic) bond motifs is 1. The van der Waals surface area contributed by atoms with Crippen molar-refractivity contribution >= 4 is 39.2 Å². The fourth-order valence-corrected chi connectivity index (χ4v) is 3.49. The van der Waals surface area contributed by atoms with Crippen molar-refractivity contribution in [2.75, 3.05) is 0 Å². The molecule has 0 saturated heterocycles. The van der Waals surface area contributed by atoms with Crippen LogP contribution in [0, 0.1) is 0 Å². The van der Waals surface area contributed by atoms with Crippen LogP contribution in [-0.4, -0.2) is 22.7 Å². The maximum atomic E-state index is 12.6. The van der Waals surface area contributed by atoms with Gasteiger partial charge in [-0.05, 0) is 36.3 Å². The highest BCUT2D eigenvalue weighted by Gasteiger charge is 2.13. The first-order chi connectivity index (χ1) is 12.5. The lowest BCUT2D eigenvalue weighted by Crippen LogP contribution is -2.03. The van der Waals surface area contributed by atoms with Gasteiger partial charge >= 0.3 is 12.6 Å². The lowest BCUT2D eigenvalue weighted by molar-refractivity contribution is -0.136. The number of halogens is 2. The fourth-order valence-electron chi connectivity index (χ4n) is 2.48. The number of carboxylic acids is 1. The third-order valence-electron chi connectivity index (χ3n) is 3.64. The minimum Gasteiger partial charge on any atom is -0.481 e. The van der Waals surface area contributed by atoms with Crippen molar-refractivity contribution in [2.45, 2.75) is 19.5 Å². The van der Waals surface area contributed by atoms with Crippen molar-refractivity contribution in [3.63, 3.8) is 0 Å². The molecule has 0 aliphatic carbocycles. The number of rotatable bonds is 7. The second kappa shape index (κ2) is 8.05. The summed E-state index contributed by atoms with van der Waals surface area (Å²) >= 11 is 1.43. The molecule has 26 heavy (non-hydrogen) atoms.